The van der Waals surface area contributed by atoms with Gasteiger partial charge in [-0.1, -0.05) is 0 Å². The molecule has 0 spiro atoms. The van der Waals surface area contributed by atoms with Crippen molar-refractivity contribution in [1.29, 1.82) is 0 Å². The van der Waals surface area contributed by atoms with Gasteiger partial charge in [-0.3, -0.25) is 4.98 Å². The molecule has 0 radical (unpaired) electrons. The van der Waals surface area contributed by atoms with Crippen molar-refractivity contribution in [3.05, 3.63) is 162 Å². The zero-order chi connectivity index (χ0) is 51.3. The van der Waals surface area contributed by atoms with Gasteiger partial charge in [0.1, 0.15) is 46.6 Å². The molecule has 7 aromatic heterocycles. The van der Waals surface area contributed by atoms with Crippen LogP contribution >= 0.6 is 0 Å². The van der Waals surface area contributed by atoms with Crippen molar-refractivity contribution >= 4 is 43.6 Å². The summed E-state index contributed by atoms with van der Waals surface area (Å²) < 4.78 is 50.9. The smallest absolute Gasteiger partial charge is 0.309 e. The number of pyridine rings is 1. The highest BCUT2D eigenvalue weighted by atomic mass is 19.4. The van der Waals surface area contributed by atoms with E-state index in [1.54, 1.807) is 18.3 Å². The highest BCUT2D eigenvalue weighted by molar-refractivity contribution is 6.13. The fraction of sp³-hybridized carbons (Fsp3) is 0.161. The normalized spacial score (nSPS) is 12.0. The Balaban J connectivity index is 1.10. The number of alkyl halides is 3. The van der Waals surface area contributed by atoms with Gasteiger partial charge in [0.2, 0.25) is 0 Å². The SMILES string of the molecule is Cc1nc(C)nc(-c2ccc3c(c2)c2cc(-c4nc(C)nc(C)n4)ccc2n3-c2ccc(C(F)(F)F)c(-c3cnccc3-n3c4ccc(-c5nc(C)nc(C)n5)cc4c4cc(-c5nc(C)nc(C)n5)ccc43)c2)n1. The van der Waals surface area contributed by atoms with Gasteiger partial charge in [-0.25, -0.2) is 59.8 Å². The fourth-order valence-electron chi connectivity index (χ4n) is 10.1. The van der Waals surface area contributed by atoms with Gasteiger partial charge in [-0.15, -0.1) is 0 Å². The number of aryl methyl sites for hydroxylation is 8. The second-order valence-electron chi connectivity index (χ2n) is 18.2. The van der Waals surface area contributed by atoms with E-state index in [1.165, 1.54) is 12.3 Å². The fourth-order valence-corrected chi connectivity index (χ4v) is 10.1. The molecular weight excluding hydrogens is 940 g/mol. The number of aromatic nitrogens is 15. The molecule has 0 aliphatic rings. The van der Waals surface area contributed by atoms with Crippen molar-refractivity contribution in [2.45, 2.75) is 61.6 Å². The first-order chi connectivity index (χ1) is 35.5. The number of halogens is 3. The molecule has 74 heavy (non-hydrogen) atoms. The molecule has 0 N–H and O–H groups in total. The molecule has 0 saturated carbocycles. The van der Waals surface area contributed by atoms with E-state index < -0.39 is 11.7 Å². The van der Waals surface area contributed by atoms with Crippen molar-refractivity contribution in [3.63, 3.8) is 0 Å². The number of fused-ring (bicyclic) bond motifs is 6. The van der Waals surface area contributed by atoms with E-state index in [1.807, 2.05) is 137 Å². The Kier molecular flexibility index (Phi) is 10.6. The first kappa shape index (κ1) is 45.8. The first-order valence-corrected chi connectivity index (χ1v) is 23.6. The Morgan fingerprint density at radius 3 is 1.03 bits per heavy atom. The van der Waals surface area contributed by atoms with Crippen LogP contribution in [-0.2, 0) is 6.18 Å². The molecule has 0 bridgehead atoms. The highest BCUT2D eigenvalue weighted by Crippen LogP contribution is 2.45. The third-order valence-electron chi connectivity index (χ3n) is 12.9. The Morgan fingerprint density at radius 2 is 0.689 bits per heavy atom. The molecule has 0 atom stereocenters. The lowest BCUT2D eigenvalue weighted by Crippen LogP contribution is -2.09. The van der Waals surface area contributed by atoms with E-state index in [4.69, 9.17) is 0 Å². The molecular formula is C56H42F3N15. The van der Waals surface area contributed by atoms with E-state index in [0.717, 1.165) is 71.9 Å². The van der Waals surface area contributed by atoms with Gasteiger partial charge in [0, 0.05) is 67.4 Å². The van der Waals surface area contributed by atoms with Gasteiger partial charge in [0.25, 0.3) is 0 Å². The number of benzene rings is 5. The molecule has 12 rings (SSSR count). The third-order valence-corrected chi connectivity index (χ3v) is 12.9. The summed E-state index contributed by atoms with van der Waals surface area (Å²) in [6, 6.07) is 29.5. The average molecular weight is 982 g/mol. The summed E-state index contributed by atoms with van der Waals surface area (Å²) in [5.41, 5.74) is 6.25. The van der Waals surface area contributed by atoms with Crippen LogP contribution in [-0.4, -0.2) is 73.9 Å². The Bertz CT molecular complexity index is 4010. The molecule has 18 heteroatoms. The molecule has 5 aromatic carbocycles. The first-order valence-electron chi connectivity index (χ1n) is 23.6. The number of hydrogen-bond donors (Lipinski definition) is 0. The Hall–Kier alpha value is -9.32. The van der Waals surface area contributed by atoms with E-state index >= 15 is 13.2 Å². The Morgan fingerprint density at radius 1 is 0.351 bits per heavy atom. The van der Waals surface area contributed by atoms with Gasteiger partial charge >= 0.3 is 6.18 Å². The van der Waals surface area contributed by atoms with E-state index in [2.05, 4.69) is 64.8 Å². The van der Waals surface area contributed by atoms with Crippen LogP contribution in [0.4, 0.5) is 13.2 Å². The minimum Gasteiger partial charge on any atom is -0.309 e. The van der Waals surface area contributed by atoms with Gasteiger partial charge in [0.15, 0.2) is 23.3 Å². The summed E-state index contributed by atoms with van der Waals surface area (Å²) in [5.74, 6) is 6.62. The van der Waals surface area contributed by atoms with Crippen LogP contribution in [0.5, 0.6) is 0 Å². The molecule has 15 nitrogen and oxygen atoms in total. The quantitative estimate of drug-likeness (QED) is 0.147. The molecule has 0 amide bonds. The largest absolute Gasteiger partial charge is 0.417 e. The van der Waals surface area contributed by atoms with Gasteiger partial charge in [-0.05, 0) is 158 Å². The molecule has 12 aromatic rings. The maximum absolute atomic E-state index is 15.6. The average Bonchev–Trinajstić information content (AvgIpc) is 3.86. The highest BCUT2D eigenvalue weighted by Gasteiger charge is 2.35. The minimum absolute atomic E-state index is 0.0656. The minimum atomic E-state index is -4.75. The summed E-state index contributed by atoms with van der Waals surface area (Å²) in [6.45, 7) is 14.5. The van der Waals surface area contributed by atoms with E-state index in [9.17, 15) is 0 Å². The Labute approximate surface area is 420 Å². The van der Waals surface area contributed by atoms with Crippen LogP contribution in [0.3, 0.4) is 0 Å². The van der Waals surface area contributed by atoms with Crippen LogP contribution < -0.4 is 0 Å². The molecule has 0 aliphatic carbocycles. The second-order valence-corrected chi connectivity index (χ2v) is 18.2. The van der Waals surface area contributed by atoms with Gasteiger partial charge in [-0.2, -0.15) is 13.2 Å². The molecule has 362 valence electrons. The van der Waals surface area contributed by atoms with E-state index in [-0.39, 0.29) is 11.1 Å². The van der Waals surface area contributed by atoms with Crippen molar-refractivity contribution in [1.82, 2.24) is 73.9 Å². The summed E-state index contributed by atoms with van der Waals surface area (Å²) in [6.07, 6.45) is -1.66. The molecule has 0 aliphatic heterocycles. The third kappa shape index (κ3) is 8.00. The lowest BCUT2D eigenvalue weighted by atomic mass is 9.98. The summed E-state index contributed by atoms with van der Waals surface area (Å²) in [5, 5.41) is 3.24. The summed E-state index contributed by atoms with van der Waals surface area (Å²) in [4.78, 5) is 59.2. The predicted octanol–water partition coefficient (Wildman–Crippen LogP) is 11.8. The summed E-state index contributed by atoms with van der Waals surface area (Å²) >= 11 is 0. The molecule has 0 unspecified atom stereocenters. The number of hydrogen-bond acceptors (Lipinski definition) is 13. The van der Waals surface area contributed by atoms with Crippen LogP contribution in [0, 0.1) is 55.4 Å². The monoisotopic (exact) mass is 981 g/mol. The van der Waals surface area contributed by atoms with Gasteiger partial charge in [0.05, 0.1) is 33.3 Å². The zero-order valence-electron chi connectivity index (χ0n) is 41.2. The summed E-state index contributed by atoms with van der Waals surface area (Å²) in [7, 11) is 0. The maximum atomic E-state index is 15.6. The molecule has 0 fully saturated rings. The van der Waals surface area contributed by atoms with Crippen LogP contribution in [0.25, 0.3) is 112 Å². The van der Waals surface area contributed by atoms with Gasteiger partial charge < -0.3 is 9.13 Å². The van der Waals surface area contributed by atoms with Crippen molar-refractivity contribution in [3.8, 4) is 68.1 Å². The second kappa shape index (κ2) is 17.2. The van der Waals surface area contributed by atoms with Crippen molar-refractivity contribution in [2.24, 2.45) is 0 Å². The number of rotatable bonds is 7. The van der Waals surface area contributed by atoms with Crippen molar-refractivity contribution < 1.29 is 13.2 Å². The number of nitrogens with zero attached hydrogens (tertiary/aromatic N) is 15. The zero-order valence-corrected chi connectivity index (χ0v) is 41.2. The lowest BCUT2D eigenvalue weighted by molar-refractivity contribution is -0.137. The maximum Gasteiger partial charge on any atom is 0.417 e. The molecule has 0 saturated heterocycles. The van der Waals surface area contributed by atoms with Crippen LogP contribution in [0.1, 0.15) is 52.2 Å². The molecule has 7 heterocycles. The standard InChI is InChI=1S/C56H42F3N15/c1-27-61-28(2)66-52(65-27)35-9-15-47-41(21-35)42-22-36(53-67-29(3)62-30(4)68-53)10-16-48(42)73(47)39-13-14-46(56(57,58)59)40(25-39)45-26-60-20-19-51(45)74-49-17-11-37(54-69-31(5)63-32(6)70-54)23-43(49)44-24-38(12-18-50(44)74)55-71-33(7)64-34(8)72-55/h9-26H,1-8H3. The van der Waals surface area contributed by atoms with E-state index in [0.29, 0.717) is 81.3 Å². The topological polar surface area (TPSA) is 177 Å². The van der Waals surface area contributed by atoms with Crippen LogP contribution in [0.2, 0.25) is 0 Å². The predicted molar refractivity (Wildman–Crippen MR) is 277 cm³/mol. The van der Waals surface area contributed by atoms with Crippen molar-refractivity contribution in [2.75, 3.05) is 0 Å². The lowest BCUT2D eigenvalue weighted by Gasteiger charge is -2.19. The van der Waals surface area contributed by atoms with Crippen LogP contribution in [0.15, 0.2) is 109 Å².